The average Bonchev–Trinajstić information content (AvgIpc) is 2.92. The van der Waals surface area contributed by atoms with Crippen LogP contribution >= 0.6 is 0 Å². The van der Waals surface area contributed by atoms with Gasteiger partial charge in [-0.25, -0.2) is 4.39 Å². The van der Waals surface area contributed by atoms with Gasteiger partial charge < -0.3 is 5.73 Å². The predicted molar refractivity (Wildman–Crippen MR) is 74.3 cm³/mol. The van der Waals surface area contributed by atoms with Gasteiger partial charge in [0.2, 0.25) is 0 Å². The van der Waals surface area contributed by atoms with E-state index in [0.29, 0.717) is 22.3 Å². The van der Waals surface area contributed by atoms with Crippen molar-refractivity contribution in [3.8, 4) is 5.82 Å². The van der Waals surface area contributed by atoms with Gasteiger partial charge in [0.15, 0.2) is 0 Å². The number of halogens is 1. The van der Waals surface area contributed by atoms with Crippen LogP contribution in [-0.2, 0) is 0 Å². The Kier molecular flexibility index (Phi) is 2.87. The summed E-state index contributed by atoms with van der Waals surface area (Å²) >= 11 is 0. The number of nitrogens with two attached hydrogens (primary N) is 1. The minimum Gasteiger partial charge on any atom is -0.323 e. The molecular weight excluding hydrogens is 259 g/mol. The summed E-state index contributed by atoms with van der Waals surface area (Å²) in [6.45, 7) is 1.79. The van der Waals surface area contributed by atoms with E-state index in [1.807, 2.05) is 0 Å². The molecule has 1 aromatic carbocycles. The summed E-state index contributed by atoms with van der Waals surface area (Å²) in [6.07, 6.45) is 1.54. The van der Waals surface area contributed by atoms with Crippen LogP contribution in [0, 0.1) is 5.82 Å². The fourth-order valence-electron chi connectivity index (χ4n) is 2.26. The standard InChI is InChI=1S/C14H13FN4O/c1-8(16)12-6-9-2-3-10(15)7-11(9)14(20)19(12)13-4-5-17-18-13/h2-8H,16H2,1H3,(H,17,18). The van der Waals surface area contributed by atoms with Crippen LogP contribution in [0.15, 0.2) is 41.3 Å². The normalized spacial score (nSPS) is 12.8. The second-order valence-corrected chi connectivity index (χ2v) is 4.67. The number of benzene rings is 1. The Hall–Kier alpha value is -2.47. The molecule has 2 aromatic heterocycles. The van der Waals surface area contributed by atoms with Gasteiger partial charge in [-0.1, -0.05) is 6.07 Å². The van der Waals surface area contributed by atoms with Gasteiger partial charge in [-0.2, -0.15) is 5.10 Å². The monoisotopic (exact) mass is 272 g/mol. The van der Waals surface area contributed by atoms with E-state index in [0.717, 1.165) is 0 Å². The van der Waals surface area contributed by atoms with Crippen molar-refractivity contribution < 1.29 is 4.39 Å². The molecule has 2 heterocycles. The van der Waals surface area contributed by atoms with E-state index in [9.17, 15) is 9.18 Å². The molecule has 0 saturated carbocycles. The van der Waals surface area contributed by atoms with Gasteiger partial charge in [0.05, 0.1) is 11.6 Å². The Bertz CT molecular complexity index is 821. The highest BCUT2D eigenvalue weighted by molar-refractivity contribution is 5.82. The van der Waals surface area contributed by atoms with Gasteiger partial charge in [0, 0.05) is 17.8 Å². The maximum Gasteiger partial charge on any atom is 0.264 e. The van der Waals surface area contributed by atoms with Crippen molar-refractivity contribution in [3.05, 3.63) is 58.4 Å². The molecule has 1 atom stereocenters. The molecule has 0 saturated heterocycles. The summed E-state index contributed by atoms with van der Waals surface area (Å²) in [7, 11) is 0. The molecule has 0 aliphatic rings. The molecular formula is C14H13FN4O. The Morgan fingerprint density at radius 2 is 2.15 bits per heavy atom. The van der Waals surface area contributed by atoms with Gasteiger partial charge >= 0.3 is 0 Å². The Morgan fingerprint density at radius 1 is 1.35 bits per heavy atom. The summed E-state index contributed by atoms with van der Waals surface area (Å²) < 4.78 is 14.8. The predicted octanol–water partition coefficient (Wildman–Crippen LogP) is 1.87. The largest absolute Gasteiger partial charge is 0.323 e. The summed E-state index contributed by atoms with van der Waals surface area (Å²) in [5.74, 6) is 0.0627. The van der Waals surface area contributed by atoms with E-state index >= 15 is 0 Å². The lowest BCUT2D eigenvalue weighted by Gasteiger charge is -2.15. The zero-order valence-corrected chi connectivity index (χ0v) is 10.8. The number of aromatic amines is 1. The molecule has 20 heavy (non-hydrogen) atoms. The maximum atomic E-state index is 13.4. The van der Waals surface area contributed by atoms with Crippen molar-refractivity contribution in [1.82, 2.24) is 14.8 Å². The summed E-state index contributed by atoms with van der Waals surface area (Å²) in [5, 5.41) is 7.55. The molecule has 0 bridgehead atoms. The van der Waals surface area contributed by atoms with Crippen molar-refractivity contribution >= 4 is 10.8 Å². The number of hydrogen-bond donors (Lipinski definition) is 2. The minimum absolute atomic E-state index is 0.309. The number of fused-ring (bicyclic) bond motifs is 1. The molecule has 0 spiro atoms. The number of aromatic nitrogens is 3. The molecule has 5 nitrogen and oxygen atoms in total. The third kappa shape index (κ3) is 1.90. The Labute approximate surface area is 113 Å². The quantitative estimate of drug-likeness (QED) is 0.747. The molecule has 3 aromatic rings. The second-order valence-electron chi connectivity index (χ2n) is 4.67. The number of pyridine rings is 1. The lowest BCUT2D eigenvalue weighted by molar-refractivity contribution is 0.629. The van der Waals surface area contributed by atoms with Crippen LogP contribution in [0.2, 0.25) is 0 Å². The van der Waals surface area contributed by atoms with Gasteiger partial charge in [-0.15, -0.1) is 0 Å². The highest BCUT2D eigenvalue weighted by atomic mass is 19.1. The maximum absolute atomic E-state index is 13.4. The first-order valence-corrected chi connectivity index (χ1v) is 6.18. The number of nitrogens with zero attached hydrogens (tertiary/aromatic N) is 2. The van der Waals surface area contributed by atoms with Crippen molar-refractivity contribution in [2.24, 2.45) is 5.73 Å². The first-order chi connectivity index (χ1) is 9.58. The highest BCUT2D eigenvalue weighted by Crippen LogP contribution is 2.19. The minimum atomic E-state index is -0.445. The topological polar surface area (TPSA) is 76.7 Å². The van der Waals surface area contributed by atoms with E-state index in [-0.39, 0.29) is 11.6 Å². The molecule has 3 N–H and O–H groups in total. The van der Waals surface area contributed by atoms with Crippen LogP contribution in [0.5, 0.6) is 0 Å². The zero-order chi connectivity index (χ0) is 14.3. The average molecular weight is 272 g/mol. The molecule has 0 radical (unpaired) electrons. The molecule has 6 heteroatoms. The molecule has 0 aliphatic carbocycles. The van der Waals surface area contributed by atoms with Crippen molar-refractivity contribution in [2.45, 2.75) is 13.0 Å². The zero-order valence-electron chi connectivity index (χ0n) is 10.8. The van der Waals surface area contributed by atoms with E-state index in [4.69, 9.17) is 5.73 Å². The Morgan fingerprint density at radius 3 is 2.80 bits per heavy atom. The van der Waals surface area contributed by atoms with Crippen LogP contribution in [0.3, 0.4) is 0 Å². The van der Waals surface area contributed by atoms with Gasteiger partial charge in [-0.05, 0) is 30.5 Å². The SMILES string of the molecule is CC(N)c1cc2ccc(F)cc2c(=O)n1-c1ccn[nH]1. The third-order valence-electron chi connectivity index (χ3n) is 3.20. The smallest absolute Gasteiger partial charge is 0.264 e. The number of nitrogens with one attached hydrogen (secondary N) is 1. The molecule has 3 rings (SSSR count). The summed E-state index contributed by atoms with van der Waals surface area (Å²) in [5.41, 5.74) is 6.26. The summed E-state index contributed by atoms with van der Waals surface area (Å²) in [4.78, 5) is 12.6. The van der Waals surface area contributed by atoms with Gasteiger partial charge in [0.1, 0.15) is 11.6 Å². The molecule has 0 fully saturated rings. The molecule has 0 aliphatic heterocycles. The van der Waals surface area contributed by atoms with Crippen molar-refractivity contribution in [3.63, 3.8) is 0 Å². The van der Waals surface area contributed by atoms with E-state index < -0.39 is 5.82 Å². The molecule has 1 unspecified atom stereocenters. The van der Waals surface area contributed by atoms with Crippen LogP contribution < -0.4 is 11.3 Å². The van der Waals surface area contributed by atoms with Gasteiger partial charge in [0.25, 0.3) is 5.56 Å². The first-order valence-electron chi connectivity index (χ1n) is 6.18. The van der Waals surface area contributed by atoms with E-state index in [2.05, 4.69) is 10.2 Å². The number of hydrogen-bond acceptors (Lipinski definition) is 3. The van der Waals surface area contributed by atoms with Crippen LogP contribution in [0.1, 0.15) is 18.7 Å². The van der Waals surface area contributed by atoms with Crippen LogP contribution in [0.25, 0.3) is 16.6 Å². The Balaban J connectivity index is 2.44. The van der Waals surface area contributed by atoms with Crippen LogP contribution in [0.4, 0.5) is 4.39 Å². The highest BCUT2D eigenvalue weighted by Gasteiger charge is 2.14. The lowest BCUT2D eigenvalue weighted by Crippen LogP contribution is -2.26. The van der Waals surface area contributed by atoms with Crippen LogP contribution in [-0.4, -0.2) is 14.8 Å². The fourth-order valence-corrected chi connectivity index (χ4v) is 2.26. The number of H-pyrrole nitrogens is 1. The van der Waals surface area contributed by atoms with E-state index in [1.54, 1.807) is 31.3 Å². The van der Waals surface area contributed by atoms with Gasteiger partial charge in [-0.3, -0.25) is 14.5 Å². The van der Waals surface area contributed by atoms with Crippen molar-refractivity contribution in [1.29, 1.82) is 0 Å². The number of rotatable bonds is 2. The molecule has 102 valence electrons. The van der Waals surface area contributed by atoms with Crippen molar-refractivity contribution in [2.75, 3.05) is 0 Å². The second kappa shape index (κ2) is 4.57. The van der Waals surface area contributed by atoms with E-state index in [1.165, 1.54) is 16.7 Å². The fraction of sp³-hybridized carbons (Fsp3) is 0.143. The summed E-state index contributed by atoms with van der Waals surface area (Å²) in [6, 6.07) is 7.25. The first kappa shape index (κ1) is 12.6. The third-order valence-corrected chi connectivity index (χ3v) is 3.20. The lowest BCUT2D eigenvalue weighted by atomic mass is 10.1. The molecule has 0 amide bonds.